The molecule has 0 radical (unpaired) electrons. The van der Waals surface area contributed by atoms with Crippen molar-refractivity contribution in [2.24, 2.45) is 7.05 Å². The smallest absolute Gasteiger partial charge is 0.234 e. The standard InChI is InChI=1S/C22H24FN5O3S/c1-14-17(23)5-4-6-18(14)25-21(30)13-32-22-27-26-19(28(22)2)12-24-20(29)11-15-7-9-16(31-3)10-8-15/h4-10H,11-13H2,1-3H3,(H,24,29)(H,25,30). The van der Waals surface area contributed by atoms with Crippen molar-refractivity contribution in [1.82, 2.24) is 20.1 Å². The van der Waals surface area contributed by atoms with Gasteiger partial charge in [0.25, 0.3) is 0 Å². The van der Waals surface area contributed by atoms with Gasteiger partial charge in [-0.3, -0.25) is 9.59 Å². The molecule has 0 saturated carbocycles. The maximum absolute atomic E-state index is 13.6. The molecule has 2 aromatic carbocycles. The monoisotopic (exact) mass is 457 g/mol. The van der Waals surface area contributed by atoms with Crippen molar-refractivity contribution in [3.63, 3.8) is 0 Å². The number of benzene rings is 2. The predicted molar refractivity (Wildman–Crippen MR) is 120 cm³/mol. The Kier molecular flexibility index (Phi) is 7.82. The molecule has 8 nitrogen and oxygen atoms in total. The molecule has 0 aliphatic carbocycles. The zero-order chi connectivity index (χ0) is 23.1. The van der Waals surface area contributed by atoms with Gasteiger partial charge < -0.3 is 19.9 Å². The number of thioether (sulfide) groups is 1. The van der Waals surface area contributed by atoms with Gasteiger partial charge in [0.2, 0.25) is 11.8 Å². The topological polar surface area (TPSA) is 98.1 Å². The lowest BCUT2D eigenvalue weighted by Gasteiger charge is -2.09. The summed E-state index contributed by atoms with van der Waals surface area (Å²) in [6.07, 6.45) is 0.239. The number of hydrogen-bond donors (Lipinski definition) is 2. The second-order valence-electron chi connectivity index (χ2n) is 7.01. The summed E-state index contributed by atoms with van der Waals surface area (Å²) in [6, 6.07) is 11.8. The first-order valence-corrected chi connectivity index (χ1v) is 10.8. The van der Waals surface area contributed by atoms with Crippen LogP contribution in [0.4, 0.5) is 10.1 Å². The Bertz CT molecular complexity index is 1100. The van der Waals surface area contributed by atoms with Crippen LogP contribution in [0.25, 0.3) is 0 Å². The van der Waals surface area contributed by atoms with Gasteiger partial charge in [0, 0.05) is 18.3 Å². The molecule has 10 heteroatoms. The molecule has 0 spiro atoms. The first kappa shape index (κ1) is 23.3. The van der Waals surface area contributed by atoms with E-state index in [9.17, 15) is 14.0 Å². The summed E-state index contributed by atoms with van der Waals surface area (Å²) < 4.78 is 20.4. The van der Waals surface area contributed by atoms with Gasteiger partial charge in [-0.05, 0) is 36.8 Å². The van der Waals surface area contributed by atoms with Gasteiger partial charge in [-0.25, -0.2) is 4.39 Å². The number of carbonyl (C=O) groups is 2. The number of hydrogen-bond acceptors (Lipinski definition) is 6. The summed E-state index contributed by atoms with van der Waals surface area (Å²) in [4.78, 5) is 24.4. The third-order valence-corrected chi connectivity index (χ3v) is 5.79. The number of rotatable bonds is 9. The molecule has 1 aromatic heterocycles. The number of nitrogens with zero attached hydrogens (tertiary/aromatic N) is 3. The number of anilines is 1. The Morgan fingerprint density at radius 3 is 2.59 bits per heavy atom. The van der Waals surface area contributed by atoms with E-state index in [1.807, 2.05) is 12.1 Å². The van der Waals surface area contributed by atoms with Crippen LogP contribution in [-0.2, 0) is 29.6 Å². The maximum atomic E-state index is 13.6. The maximum Gasteiger partial charge on any atom is 0.234 e. The molecule has 2 amide bonds. The van der Waals surface area contributed by atoms with E-state index in [-0.39, 0.29) is 36.4 Å². The number of aromatic nitrogens is 3. The molecule has 0 bridgehead atoms. The highest BCUT2D eigenvalue weighted by molar-refractivity contribution is 7.99. The molecule has 0 aliphatic rings. The minimum atomic E-state index is -0.373. The summed E-state index contributed by atoms with van der Waals surface area (Å²) in [5.41, 5.74) is 1.70. The zero-order valence-electron chi connectivity index (χ0n) is 18.0. The van der Waals surface area contributed by atoms with Gasteiger partial charge in [-0.15, -0.1) is 10.2 Å². The summed E-state index contributed by atoms with van der Waals surface area (Å²) in [5, 5.41) is 14.2. The number of methoxy groups -OCH3 is 1. The van der Waals surface area contributed by atoms with E-state index in [4.69, 9.17) is 4.74 Å². The summed E-state index contributed by atoms with van der Waals surface area (Å²) in [7, 11) is 3.36. The van der Waals surface area contributed by atoms with Gasteiger partial charge in [0.05, 0.1) is 25.8 Å². The van der Waals surface area contributed by atoms with Crippen LogP contribution in [0.1, 0.15) is 17.0 Å². The van der Waals surface area contributed by atoms with Crippen molar-refractivity contribution < 1.29 is 18.7 Å². The largest absolute Gasteiger partial charge is 0.497 e. The molecule has 1 heterocycles. The van der Waals surface area contributed by atoms with Crippen LogP contribution >= 0.6 is 11.8 Å². The normalized spacial score (nSPS) is 10.6. The highest BCUT2D eigenvalue weighted by Gasteiger charge is 2.14. The minimum absolute atomic E-state index is 0.0890. The Labute approximate surface area is 189 Å². The van der Waals surface area contributed by atoms with E-state index in [1.165, 1.54) is 17.8 Å². The van der Waals surface area contributed by atoms with E-state index in [2.05, 4.69) is 20.8 Å². The molecule has 2 N–H and O–H groups in total. The fourth-order valence-corrected chi connectivity index (χ4v) is 3.58. The lowest BCUT2D eigenvalue weighted by atomic mass is 10.1. The van der Waals surface area contributed by atoms with Crippen LogP contribution in [0, 0.1) is 12.7 Å². The number of ether oxygens (including phenoxy) is 1. The molecular formula is C22H24FN5O3S. The number of nitrogens with one attached hydrogen (secondary N) is 2. The molecule has 0 atom stereocenters. The molecule has 3 aromatic rings. The third-order valence-electron chi connectivity index (χ3n) is 4.77. The van der Waals surface area contributed by atoms with E-state index in [1.54, 1.807) is 49.9 Å². The van der Waals surface area contributed by atoms with Gasteiger partial charge in [-0.1, -0.05) is 30.0 Å². The minimum Gasteiger partial charge on any atom is -0.497 e. The Hall–Kier alpha value is -3.40. The predicted octanol–water partition coefficient (Wildman–Crippen LogP) is 2.86. The summed E-state index contributed by atoms with van der Waals surface area (Å²) >= 11 is 1.20. The van der Waals surface area contributed by atoms with Crippen LogP contribution < -0.4 is 15.4 Å². The molecule has 0 aliphatic heterocycles. The molecule has 0 saturated heterocycles. The second-order valence-corrected chi connectivity index (χ2v) is 7.95. The Morgan fingerprint density at radius 1 is 1.12 bits per heavy atom. The van der Waals surface area contributed by atoms with E-state index in [0.717, 1.165) is 11.3 Å². The molecule has 3 rings (SSSR count). The van der Waals surface area contributed by atoms with Crippen molar-refractivity contribution >= 4 is 29.3 Å². The van der Waals surface area contributed by atoms with Crippen LogP contribution in [0.2, 0.25) is 0 Å². The van der Waals surface area contributed by atoms with Crippen LogP contribution in [0.5, 0.6) is 5.75 Å². The third kappa shape index (κ3) is 6.07. The van der Waals surface area contributed by atoms with Crippen molar-refractivity contribution in [3.8, 4) is 5.75 Å². The highest BCUT2D eigenvalue weighted by atomic mass is 32.2. The van der Waals surface area contributed by atoms with Gasteiger partial charge in [0.15, 0.2) is 11.0 Å². The SMILES string of the molecule is COc1ccc(CC(=O)NCc2nnc(SCC(=O)Nc3cccc(F)c3C)n2C)cc1. The highest BCUT2D eigenvalue weighted by Crippen LogP contribution is 2.20. The Morgan fingerprint density at radius 2 is 1.88 bits per heavy atom. The quantitative estimate of drug-likeness (QED) is 0.480. The van der Waals surface area contributed by atoms with Crippen LogP contribution in [0.3, 0.4) is 0 Å². The summed E-state index contributed by atoms with van der Waals surface area (Å²) in [6.45, 7) is 1.82. The number of amides is 2. The fourth-order valence-electron chi connectivity index (χ4n) is 2.85. The van der Waals surface area contributed by atoms with E-state index < -0.39 is 0 Å². The fraction of sp³-hybridized carbons (Fsp3) is 0.273. The molecule has 0 unspecified atom stereocenters. The van der Waals surface area contributed by atoms with Crippen molar-refractivity contribution in [2.75, 3.05) is 18.2 Å². The first-order chi connectivity index (χ1) is 15.4. The van der Waals surface area contributed by atoms with Crippen molar-refractivity contribution in [2.45, 2.75) is 25.0 Å². The van der Waals surface area contributed by atoms with E-state index in [0.29, 0.717) is 22.2 Å². The van der Waals surface area contributed by atoms with E-state index >= 15 is 0 Å². The van der Waals surface area contributed by atoms with Gasteiger partial charge in [0.1, 0.15) is 11.6 Å². The van der Waals surface area contributed by atoms with Crippen molar-refractivity contribution in [3.05, 3.63) is 65.2 Å². The number of halogens is 1. The Balaban J connectivity index is 1.48. The second kappa shape index (κ2) is 10.8. The van der Waals surface area contributed by atoms with Crippen molar-refractivity contribution in [1.29, 1.82) is 0 Å². The van der Waals surface area contributed by atoms with Crippen LogP contribution in [0.15, 0.2) is 47.6 Å². The lowest BCUT2D eigenvalue weighted by molar-refractivity contribution is -0.120. The summed E-state index contributed by atoms with van der Waals surface area (Å²) in [5.74, 6) is 0.599. The van der Waals surface area contributed by atoms with Gasteiger partial charge >= 0.3 is 0 Å². The molecule has 168 valence electrons. The number of carbonyl (C=O) groups excluding carboxylic acids is 2. The molecular weight excluding hydrogens is 433 g/mol. The first-order valence-electron chi connectivity index (χ1n) is 9.83. The molecule has 32 heavy (non-hydrogen) atoms. The zero-order valence-corrected chi connectivity index (χ0v) is 18.8. The van der Waals surface area contributed by atoms with Crippen LogP contribution in [-0.4, -0.2) is 39.4 Å². The molecule has 0 fully saturated rings. The average Bonchev–Trinajstić information content (AvgIpc) is 3.14. The lowest BCUT2D eigenvalue weighted by Crippen LogP contribution is -2.26. The van der Waals surface area contributed by atoms with Gasteiger partial charge in [-0.2, -0.15) is 0 Å². The average molecular weight is 458 g/mol.